The monoisotopic (exact) mass is 323 g/mol. The van der Waals surface area contributed by atoms with Crippen LogP contribution in [0.15, 0.2) is 58.8 Å². The highest BCUT2D eigenvalue weighted by atomic mass is 16.6. The first-order valence-electron chi connectivity index (χ1n) is 7.53. The van der Waals surface area contributed by atoms with Gasteiger partial charge in [-0.3, -0.25) is 10.1 Å². The zero-order valence-electron chi connectivity index (χ0n) is 13.3. The Morgan fingerprint density at radius 1 is 1.17 bits per heavy atom. The first kappa shape index (κ1) is 17.1. The summed E-state index contributed by atoms with van der Waals surface area (Å²) in [4.78, 5) is 12.6. The molecule has 0 heterocycles. The fourth-order valence-electron chi connectivity index (χ4n) is 2.20. The van der Waals surface area contributed by atoms with Crippen LogP contribution in [-0.2, 0) is 0 Å². The maximum Gasteiger partial charge on any atom is 0.296 e. The molecule has 0 aromatic heterocycles. The van der Waals surface area contributed by atoms with E-state index in [9.17, 15) is 10.1 Å². The summed E-state index contributed by atoms with van der Waals surface area (Å²) in [6.45, 7) is 3.50. The van der Waals surface area contributed by atoms with Crippen molar-refractivity contribution in [2.24, 2.45) is 10.2 Å². The Morgan fingerprint density at radius 3 is 2.50 bits per heavy atom. The van der Waals surface area contributed by atoms with E-state index >= 15 is 0 Å². The molecule has 2 aromatic rings. The SMILES string of the molecule is CCN(CCC#N)c1ccc(N=Nc2ccccc2[N+](=O)[O-])cc1. The molecule has 0 spiro atoms. The molecule has 122 valence electrons. The van der Waals surface area contributed by atoms with Gasteiger partial charge in [0.25, 0.3) is 5.69 Å². The zero-order valence-corrected chi connectivity index (χ0v) is 13.3. The molecule has 0 aliphatic heterocycles. The van der Waals surface area contributed by atoms with Crippen LogP contribution in [0.2, 0.25) is 0 Å². The fourth-order valence-corrected chi connectivity index (χ4v) is 2.20. The van der Waals surface area contributed by atoms with Gasteiger partial charge in [0, 0.05) is 24.8 Å². The van der Waals surface area contributed by atoms with Crippen molar-refractivity contribution < 1.29 is 4.92 Å². The Morgan fingerprint density at radius 2 is 1.88 bits per heavy atom. The normalized spacial score (nSPS) is 10.5. The van der Waals surface area contributed by atoms with Crippen LogP contribution in [0.3, 0.4) is 0 Å². The molecule has 0 amide bonds. The number of hydrogen-bond acceptors (Lipinski definition) is 6. The number of anilines is 1. The summed E-state index contributed by atoms with van der Waals surface area (Å²) in [6.07, 6.45) is 0.465. The van der Waals surface area contributed by atoms with Crippen LogP contribution < -0.4 is 4.90 Å². The number of nitriles is 1. The molecule has 0 N–H and O–H groups in total. The van der Waals surface area contributed by atoms with Gasteiger partial charge in [-0.2, -0.15) is 10.4 Å². The quantitative estimate of drug-likeness (QED) is 0.417. The van der Waals surface area contributed by atoms with Gasteiger partial charge < -0.3 is 4.90 Å². The van der Waals surface area contributed by atoms with Crippen molar-refractivity contribution >= 4 is 22.7 Å². The first-order chi connectivity index (χ1) is 11.7. The topological polar surface area (TPSA) is 94.9 Å². The maximum atomic E-state index is 10.9. The molecule has 0 saturated heterocycles. The van der Waals surface area contributed by atoms with E-state index < -0.39 is 4.92 Å². The largest absolute Gasteiger partial charge is 0.371 e. The molecule has 0 radical (unpaired) electrons. The molecule has 0 saturated carbocycles. The standard InChI is InChI=1S/C17H17N5O2/c1-2-21(13-5-12-18)15-10-8-14(9-11-15)19-20-16-6-3-4-7-17(16)22(23)24/h3-4,6-11H,2,5,13H2,1H3. The average molecular weight is 323 g/mol. The van der Waals surface area contributed by atoms with E-state index in [4.69, 9.17) is 5.26 Å². The fraction of sp³-hybridized carbons (Fsp3) is 0.235. The van der Waals surface area contributed by atoms with Crippen LogP contribution in [0.4, 0.5) is 22.7 Å². The number of benzene rings is 2. The van der Waals surface area contributed by atoms with E-state index in [1.54, 1.807) is 30.3 Å². The summed E-state index contributed by atoms with van der Waals surface area (Å²) in [7, 11) is 0. The van der Waals surface area contributed by atoms with Gasteiger partial charge in [-0.15, -0.1) is 5.11 Å². The summed E-state index contributed by atoms with van der Waals surface area (Å²) in [5.74, 6) is 0. The molecule has 7 nitrogen and oxygen atoms in total. The number of azo groups is 1. The van der Waals surface area contributed by atoms with E-state index in [1.807, 2.05) is 19.1 Å². The van der Waals surface area contributed by atoms with E-state index in [2.05, 4.69) is 21.2 Å². The molecule has 0 fully saturated rings. The second kappa shape index (κ2) is 8.39. The molecule has 0 aliphatic rings. The summed E-state index contributed by atoms with van der Waals surface area (Å²) >= 11 is 0. The molecule has 0 bridgehead atoms. The lowest BCUT2D eigenvalue weighted by molar-refractivity contribution is -0.384. The predicted octanol–water partition coefficient (Wildman–Crippen LogP) is 4.75. The van der Waals surface area contributed by atoms with Gasteiger partial charge in [-0.1, -0.05) is 12.1 Å². The van der Waals surface area contributed by atoms with Crippen molar-refractivity contribution in [2.75, 3.05) is 18.0 Å². The minimum absolute atomic E-state index is 0.0773. The highest BCUT2D eigenvalue weighted by molar-refractivity contribution is 5.57. The van der Waals surface area contributed by atoms with Gasteiger partial charge in [0.05, 0.1) is 23.1 Å². The maximum absolute atomic E-state index is 10.9. The van der Waals surface area contributed by atoms with E-state index in [0.717, 1.165) is 12.2 Å². The van der Waals surface area contributed by atoms with Crippen LogP contribution in [0, 0.1) is 21.4 Å². The van der Waals surface area contributed by atoms with Gasteiger partial charge in [0.2, 0.25) is 0 Å². The van der Waals surface area contributed by atoms with Gasteiger partial charge in [0.15, 0.2) is 5.69 Å². The lowest BCUT2D eigenvalue weighted by Crippen LogP contribution is -2.23. The number of hydrogen-bond donors (Lipinski definition) is 0. The van der Waals surface area contributed by atoms with E-state index in [-0.39, 0.29) is 11.4 Å². The highest BCUT2D eigenvalue weighted by Crippen LogP contribution is 2.28. The molecule has 0 unspecified atom stereocenters. The van der Waals surface area contributed by atoms with Crippen molar-refractivity contribution in [3.05, 3.63) is 58.6 Å². The zero-order chi connectivity index (χ0) is 17.4. The average Bonchev–Trinajstić information content (AvgIpc) is 2.61. The Kier molecular flexibility index (Phi) is 5.97. The Hall–Kier alpha value is -3.27. The lowest BCUT2D eigenvalue weighted by atomic mass is 10.2. The van der Waals surface area contributed by atoms with Crippen LogP contribution in [0.5, 0.6) is 0 Å². The highest BCUT2D eigenvalue weighted by Gasteiger charge is 2.11. The number of nitro benzene ring substituents is 1. The molecule has 2 aromatic carbocycles. The summed E-state index contributed by atoms with van der Waals surface area (Å²) in [5.41, 5.74) is 1.74. The summed E-state index contributed by atoms with van der Waals surface area (Å²) in [5, 5.41) is 27.7. The van der Waals surface area contributed by atoms with Crippen molar-refractivity contribution in [3.63, 3.8) is 0 Å². The molecule has 7 heteroatoms. The molecule has 2 rings (SSSR count). The number of nitrogens with zero attached hydrogens (tertiary/aromatic N) is 5. The van der Waals surface area contributed by atoms with Crippen molar-refractivity contribution in [3.8, 4) is 6.07 Å². The van der Waals surface area contributed by atoms with Gasteiger partial charge in [0.1, 0.15) is 0 Å². The van der Waals surface area contributed by atoms with Crippen LogP contribution in [0.25, 0.3) is 0 Å². The molecule has 24 heavy (non-hydrogen) atoms. The third kappa shape index (κ3) is 4.36. The Labute approximate surface area is 140 Å². The summed E-state index contributed by atoms with van der Waals surface area (Å²) < 4.78 is 0. The van der Waals surface area contributed by atoms with Crippen LogP contribution >= 0.6 is 0 Å². The number of nitro groups is 1. The van der Waals surface area contributed by atoms with E-state index in [1.165, 1.54) is 6.07 Å². The first-order valence-corrected chi connectivity index (χ1v) is 7.53. The lowest BCUT2D eigenvalue weighted by Gasteiger charge is -2.21. The number of rotatable bonds is 7. The Balaban J connectivity index is 2.14. The summed E-state index contributed by atoms with van der Waals surface area (Å²) in [6, 6.07) is 15.7. The van der Waals surface area contributed by atoms with Crippen molar-refractivity contribution in [1.82, 2.24) is 0 Å². The van der Waals surface area contributed by atoms with Crippen molar-refractivity contribution in [1.29, 1.82) is 5.26 Å². The minimum Gasteiger partial charge on any atom is -0.371 e. The van der Waals surface area contributed by atoms with Gasteiger partial charge in [-0.25, -0.2) is 0 Å². The second-order valence-corrected chi connectivity index (χ2v) is 4.95. The molecule has 0 aliphatic carbocycles. The third-order valence-corrected chi connectivity index (χ3v) is 3.44. The molecule has 0 atom stereocenters. The smallest absolute Gasteiger partial charge is 0.296 e. The minimum atomic E-state index is -0.480. The van der Waals surface area contributed by atoms with Crippen LogP contribution in [-0.4, -0.2) is 18.0 Å². The van der Waals surface area contributed by atoms with Crippen molar-refractivity contribution in [2.45, 2.75) is 13.3 Å². The second-order valence-electron chi connectivity index (χ2n) is 4.95. The third-order valence-electron chi connectivity index (χ3n) is 3.44. The van der Waals surface area contributed by atoms with E-state index in [0.29, 0.717) is 18.7 Å². The van der Waals surface area contributed by atoms with Gasteiger partial charge in [-0.05, 0) is 37.3 Å². The number of para-hydroxylation sites is 1. The van der Waals surface area contributed by atoms with Gasteiger partial charge >= 0.3 is 0 Å². The Bertz CT molecular complexity index is 765. The van der Waals surface area contributed by atoms with Crippen LogP contribution in [0.1, 0.15) is 13.3 Å². The molecular formula is C17H17N5O2. The predicted molar refractivity (Wildman–Crippen MR) is 91.8 cm³/mol. The molecular weight excluding hydrogens is 306 g/mol.